The number of carbonyl (C=O) groups excluding carboxylic acids is 1. The van der Waals surface area contributed by atoms with E-state index in [1.54, 1.807) is 48.7 Å². The average Bonchev–Trinajstić information content (AvgIpc) is 2.54. The van der Waals surface area contributed by atoms with Gasteiger partial charge in [0.25, 0.3) is 11.5 Å². The van der Waals surface area contributed by atoms with Crippen LogP contribution in [0.2, 0.25) is 0 Å². The summed E-state index contributed by atoms with van der Waals surface area (Å²) in [5.74, 6) is -0.0597. The number of hydrogen-bond acceptors (Lipinski definition) is 5. The summed E-state index contributed by atoms with van der Waals surface area (Å²) in [7, 11) is 0. The second kappa shape index (κ2) is 5.46. The van der Waals surface area contributed by atoms with Gasteiger partial charge in [0.05, 0.1) is 0 Å². The van der Waals surface area contributed by atoms with Crippen LogP contribution >= 0.6 is 0 Å². The third kappa shape index (κ3) is 2.59. The number of aromatic nitrogens is 1. The fraction of sp³-hybridized carbons (Fsp3) is 0. The summed E-state index contributed by atoms with van der Waals surface area (Å²) >= 11 is 0. The first-order valence-electron chi connectivity index (χ1n) is 6.21. The van der Waals surface area contributed by atoms with E-state index in [1.165, 1.54) is 0 Å². The number of nitrogens with one attached hydrogen (secondary N) is 1. The Labute approximate surface area is 119 Å². The van der Waals surface area contributed by atoms with Gasteiger partial charge in [0, 0.05) is 11.6 Å². The van der Waals surface area contributed by atoms with Crippen molar-refractivity contribution in [3.8, 4) is 0 Å². The van der Waals surface area contributed by atoms with Gasteiger partial charge >= 0.3 is 0 Å². The lowest BCUT2D eigenvalue weighted by Gasteiger charge is -2.05. The van der Waals surface area contributed by atoms with E-state index in [1.807, 2.05) is 6.07 Å². The second-order valence-corrected chi connectivity index (χ2v) is 4.27. The topological polar surface area (TPSA) is 87.7 Å². The van der Waals surface area contributed by atoms with Crippen molar-refractivity contribution in [1.29, 1.82) is 0 Å². The smallest absolute Gasteiger partial charge is 0.268 e. The van der Waals surface area contributed by atoms with E-state index in [4.69, 9.17) is 9.62 Å². The van der Waals surface area contributed by atoms with E-state index >= 15 is 0 Å². The van der Waals surface area contributed by atoms with E-state index in [0.717, 1.165) is 5.39 Å². The normalized spacial score (nSPS) is 11.5. The van der Waals surface area contributed by atoms with E-state index in [2.05, 4.69) is 15.5 Å². The van der Waals surface area contributed by atoms with Crippen LogP contribution in [0.1, 0.15) is 10.4 Å². The van der Waals surface area contributed by atoms with Crippen LogP contribution in [-0.2, 0) is 0 Å². The Morgan fingerprint density at radius 3 is 2.76 bits per heavy atom. The maximum absolute atomic E-state index is 12.3. The van der Waals surface area contributed by atoms with Crippen LogP contribution in [0.4, 0.5) is 5.82 Å². The van der Waals surface area contributed by atoms with Crippen LogP contribution in [0.25, 0.3) is 11.0 Å². The highest BCUT2D eigenvalue weighted by atomic mass is 16.5. The van der Waals surface area contributed by atoms with Crippen LogP contribution in [0.15, 0.2) is 64.3 Å². The highest BCUT2D eigenvalue weighted by Gasteiger charge is 2.13. The maximum Gasteiger partial charge on any atom is 0.268 e. The number of anilines is 1. The zero-order valence-corrected chi connectivity index (χ0v) is 10.9. The molecule has 0 bridgehead atoms. The molecule has 104 valence electrons. The molecule has 0 aliphatic rings. The van der Waals surface area contributed by atoms with Gasteiger partial charge in [-0.3, -0.25) is 4.79 Å². The summed E-state index contributed by atoms with van der Waals surface area (Å²) < 4.78 is 5.40. The first-order chi connectivity index (χ1) is 10.3. The Kier molecular flexibility index (Phi) is 3.34. The zero-order chi connectivity index (χ0) is 14.7. The molecule has 0 saturated heterocycles. The van der Waals surface area contributed by atoms with Crippen molar-refractivity contribution in [2.45, 2.75) is 0 Å². The molecule has 0 atom stereocenters. The first kappa shape index (κ1) is 12.9. The van der Waals surface area contributed by atoms with Crippen LogP contribution in [0.5, 0.6) is 0 Å². The Bertz CT molecular complexity index is 857. The molecule has 1 amide bonds. The SMILES string of the molecule is O=C(Nc1ccccn1)c1cc2ccccc2o/c1=N/O. The molecule has 0 aliphatic carbocycles. The number of para-hydroxylation sites is 1. The third-order valence-electron chi connectivity index (χ3n) is 2.90. The highest BCUT2D eigenvalue weighted by molar-refractivity contribution is 6.04. The van der Waals surface area contributed by atoms with Gasteiger partial charge in [-0.05, 0) is 29.4 Å². The fourth-order valence-corrected chi connectivity index (χ4v) is 1.93. The van der Waals surface area contributed by atoms with Crippen LogP contribution < -0.4 is 10.9 Å². The minimum Gasteiger partial charge on any atom is -0.435 e. The maximum atomic E-state index is 12.3. The summed E-state index contributed by atoms with van der Waals surface area (Å²) in [6.45, 7) is 0. The first-order valence-corrected chi connectivity index (χ1v) is 6.21. The predicted molar refractivity (Wildman–Crippen MR) is 75.8 cm³/mol. The highest BCUT2D eigenvalue weighted by Crippen LogP contribution is 2.13. The number of rotatable bonds is 2. The van der Waals surface area contributed by atoms with Gasteiger partial charge in [-0.15, -0.1) is 0 Å². The minimum atomic E-state index is -0.462. The summed E-state index contributed by atoms with van der Waals surface area (Å²) in [5, 5.41) is 15.4. The number of carbonyl (C=O) groups is 1. The van der Waals surface area contributed by atoms with Crippen molar-refractivity contribution >= 4 is 22.7 Å². The Morgan fingerprint density at radius 1 is 1.19 bits per heavy atom. The molecule has 2 heterocycles. The van der Waals surface area contributed by atoms with Crippen molar-refractivity contribution in [1.82, 2.24) is 4.98 Å². The Morgan fingerprint density at radius 2 is 2.00 bits per heavy atom. The van der Waals surface area contributed by atoms with Crippen LogP contribution in [-0.4, -0.2) is 16.1 Å². The molecule has 6 nitrogen and oxygen atoms in total. The van der Waals surface area contributed by atoms with Gasteiger partial charge in [0.15, 0.2) is 0 Å². The molecule has 1 aromatic carbocycles. The van der Waals surface area contributed by atoms with Crippen molar-refractivity contribution in [2.75, 3.05) is 5.32 Å². The number of pyridine rings is 1. The van der Waals surface area contributed by atoms with E-state index in [0.29, 0.717) is 11.4 Å². The molecule has 6 heteroatoms. The minimum absolute atomic E-state index is 0.127. The lowest BCUT2D eigenvalue weighted by atomic mass is 10.2. The van der Waals surface area contributed by atoms with E-state index in [9.17, 15) is 4.79 Å². The Balaban J connectivity index is 2.05. The van der Waals surface area contributed by atoms with Gasteiger partial charge in [0.2, 0.25) is 0 Å². The standard InChI is InChI=1S/C15H11N3O3/c19-14(17-13-7-3-4-8-16-13)11-9-10-5-1-2-6-12(10)21-15(11)18-20/h1-9,20H,(H,16,17,19)/b18-15+. The Hall–Kier alpha value is -3.15. The molecular weight excluding hydrogens is 270 g/mol. The fourth-order valence-electron chi connectivity index (χ4n) is 1.93. The van der Waals surface area contributed by atoms with Crippen molar-refractivity contribution < 1.29 is 14.4 Å². The number of fused-ring (bicyclic) bond motifs is 1. The zero-order valence-electron chi connectivity index (χ0n) is 10.9. The van der Waals surface area contributed by atoms with Crippen LogP contribution in [0.3, 0.4) is 0 Å². The molecule has 0 spiro atoms. The summed E-state index contributed by atoms with van der Waals surface area (Å²) in [5.41, 5.74) is 0.503. The van der Waals surface area contributed by atoms with Gasteiger partial charge in [0.1, 0.15) is 17.0 Å². The average molecular weight is 281 g/mol. The second-order valence-electron chi connectivity index (χ2n) is 4.27. The summed E-state index contributed by atoms with van der Waals surface area (Å²) in [4.78, 5) is 16.3. The van der Waals surface area contributed by atoms with E-state index < -0.39 is 5.91 Å². The molecule has 0 fully saturated rings. The van der Waals surface area contributed by atoms with Crippen LogP contribution in [0, 0.1) is 0 Å². The van der Waals surface area contributed by atoms with Crippen molar-refractivity contribution in [3.63, 3.8) is 0 Å². The van der Waals surface area contributed by atoms with Gasteiger partial charge in [-0.2, -0.15) is 0 Å². The third-order valence-corrected chi connectivity index (χ3v) is 2.90. The number of amides is 1. The molecule has 21 heavy (non-hydrogen) atoms. The molecule has 0 radical (unpaired) electrons. The van der Waals surface area contributed by atoms with Gasteiger partial charge in [-0.25, -0.2) is 4.98 Å². The summed E-state index contributed by atoms with van der Waals surface area (Å²) in [6.07, 6.45) is 1.57. The lowest BCUT2D eigenvalue weighted by Crippen LogP contribution is -2.22. The summed E-state index contributed by atoms with van der Waals surface area (Å²) in [6, 6.07) is 13.9. The largest absolute Gasteiger partial charge is 0.435 e. The molecule has 3 aromatic rings. The van der Waals surface area contributed by atoms with Gasteiger partial charge < -0.3 is 14.9 Å². The molecule has 3 rings (SSSR count). The number of nitrogens with zero attached hydrogens (tertiary/aromatic N) is 2. The van der Waals surface area contributed by atoms with Crippen molar-refractivity contribution in [2.24, 2.45) is 5.16 Å². The lowest BCUT2D eigenvalue weighted by molar-refractivity contribution is 0.102. The predicted octanol–water partition coefficient (Wildman–Crippen LogP) is 2.37. The van der Waals surface area contributed by atoms with E-state index in [-0.39, 0.29) is 11.1 Å². The molecule has 2 aromatic heterocycles. The monoisotopic (exact) mass is 281 g/mol. The van der Waals surface area contributed by atoms with Crippen molar-refractivity contribution in [3.05, 3.63) is 65.8 Å². The molecule has 0 saturated carbocycles. The molecular formula is C15H11N3O3. The molecule has 0 aliphatic heterocycles. The van der Waals surface area contributed by atoms with Gasteiger partial charge in [-0.1, -0.05) is 24.3 Å². The number of hydrogen-bond donors (Lipinski definition) is 2. The molecule has 2 N–H and O–H groups in total. The quantitative estimate of drug-likeness (QED) is 0.557. The number of benzene rings is 1. The molecule has 0 unspecified atom stereocenters.